The Morgan fingerprint density at radius 3 is 2.54 bits per heavy atom. The zero-order valence-corrected chi connectivity index (χ0v) is 16.8. The quantitative estimate of drug-likeness (QED) is 0.652. The van der Waals surface area contributed by atoms with E-state index in [0.717, 1.165) is 41.8 Å². The number of ether oxygens (including phenoxy) is 1. The van der Waals surface area contributed by atoms with Gasteiger partial charge in [-0.15, -0.1) is 0 Å². The summed E-state index contributed by atoms with van der Waals surface area (Å²) in [7, 11) is 1.87. The van der Waals surface area contributed by atoms with Crippen molar-refractivity contribution in [1.29, 1.82) is 0 Å². The maximum atomic E-state index is 6.09. The zero-order chi connectivity index (χ0) is 19.3. The minimum absolute atomic E-state index is 0.476. The summed E-state index contributed by atoms with van der Waals surface area (Å²) in [5.41, 5.74) is 3.23. The predicted molar refractivity (Wildman–Crippen MR) is 107 cm³/mol. The molecule has 148 valence electrons. The van der Waals surface area contributed by atoms with Crippen LogP contribution in [0.15, 0.2) is 29.4 Å². The van der Waals surface area contributed by atoms with E-state index in [9.17, 15) is 0 Å². The molecule has 3 aliphatic rings. The normalized spacial score (nSPS) is 28.8. The molecule has 0 spiro atoms. The molecule has 3 saturated heterocycles. The van der Waals surface area contributed by atoms with E-state index in [-0.39, 0.29) is 0 Å². The van der Waals surface area contributed by atoms with Crippen LogP contribution in [0.2, 0.25) is 0 Å². The topological polar surface area (TPSA) is 67.6 Å². The lowest BCUT2D eigenvalue weighted by Crippen LogP contribution is -2.41. The van der Waals surface area contributed by atoms with Gasteiger partial charge in [-0.1, -0.05) is 6.07 Å². The lowest BCUT2D eigenvalue weighted by molar-refractivity contribution is 0.0767. The van der Waals surface area contributed by atoms with E-state index < -0.39 is 0 Å². The summed E-state index contributed by atoms with van der Waals surface area (Å²) in [6, 6.07) is 6.18. The molecule has 0 aromatic carbocycles. The molecule has 4 atom stereocenters. The second-order valence-corrected chi connectivity index (χ2v) is 8.29. The number of nitrogens with one attached hydrogen (secondary N) is 1. The number of hydrogen-bond acceptors (Lipinski definition) is 4. The van der Waals surface area contributed by atoms with Crippen LogP contribution in [0.1, 0.15) is 29.8 Å². The van der Waals surface area contributed by atoms with Crippen LogP contribution in [0.5, 0.6) is 0 Å². The predicted octanol–water partition coefficient (Wildman–Crippen LogP) is 2.07. The Balaban J connectivity index is 1.21. The fourth-order valence-electron chi connectivity index (χ4n) is 5.15. The molecule has 2 aromatic rings. The van der Waals surface area contributed by atoms with E-state index >= 15 is 0 Å². The van der Waals surface area contributed by atoms with Gasteiger partial charge in [-0.05, 0) is 44.4 Å². The summed E-state index contributed by atoms with van der Waals surface area (Å²) in [4.78, 5) is 11.5. The van der Waals surface area contributed by atoms with Crippen molar-refractivity contribution in [2.75, 3.05) is 20.1 Å². The first-order valence-electron chi connectivity index (χ1n) is 10.2. The van der Waals surface area contributed by atoms with Gasteiger partial charge in [0.1, 0.15) is 0 Å². The minimum atomic E-state index is 0.476. The molecule has 0 saturated carbocycles. The highest BCUT2D eigenvalue weighted by molar-refractivity contribution is 5.80. The van der Waals surface area contributed by atoms with Gasteiger partial charge in [-0.3, -0.25) is 4.99 Å². The third-order valence-corrected chi connectivity index (χ3v) is 6.45. The molecule has 3 fully saturated rings. The third kappa shape index (κ3) is 2.98. The van der Waals surface area contributed by atoms with Gasteiger partial charge < -0.3 is 15.0 Å². The first kappa shape index (κ1) is 17.7. The van der Waals surface area contributed by atoms with Crippen LogP contribution < -0.4 is 5.32 Å². The van der Waals surface area contributed by atoms with Gasteiger partial charge in [0.05, 0.1) is 17.9 Å². The van der Waals surface area contributed by atoms with Crippen LogP contribution in [0.3, 0.4) is 0 Å². The molecule has 7 nitrogen and oxygen atoms in total. The standard InChI is InChI=1S/C21H28N6O/c1-13-8-14(2)27(25-13)20-7-4-15(9-23-20)10-24-21(22-3)26-11-16-17(12-26)19-6-5-18(16)28-19/h4,7-9,16-19H,5-6,10-12H2,1-3H3,(H,22,24). The van der Waals surface area contributed by atoms with Crippen LogP contribution in [0.25, 0.3) is 5.82 Å². The van der Waals surface area contributed by atoms with Crippen LogP contribution in [-0.4, -0.2) is 58.0 Å². The Bertz CT molecular complexity index is 871. The number of hydrogen-bond donors (Lipinski definition) is 1. The average molecular weight is 380 g/mol. The number of aryl methyl sites for hydroxylation is 2. The lowest BCUT2D eigenvalue weighted by Gasteiger charge is -2.23. The molecule has 28 heavy (non-hydrogen) atoms. The number of pyridine rings is 1. The number of aromatic nitrogens is 3. The van der Waals surface area contributed by atoms with E-state index in [1.807, 2.05) is 37.8 Å². The van der Waals surface area contributed by atoms with Crippen molar-refractivity contribution in [1.82, 2.24) is 25.0 Å². The van der Waals surface area contributed by atoms with E-state index in [4.69, 9.17) is 4.74 Å². The Morgan fingerprint density at radius 1 is 1.21 bits per heavy atom. The van der Waals surface area contributed by atoms with E-state index in [0.29, 0.717) is 30.6 Å². The number of nitrogens with zero attached hydrogens (tertiary/aromatic N) is 5. The fourth-order valence-corrected chi connectivity index (χ4v) is 5.15. The molecule has 1 N–H and O–H groups in total. The molecule has 2 bridgehead atoms. The summed E-state index contributed by atoms with van der Waals surface area (Å²) in [5.74, 6) is 3.19. The largest absolute Gasteiger partial charge is 0.374 e. The first-order valence-corrected chi connectivity index (χ1v) is 10.2. The van der Waals surface area contributed by atoms with Crippen LogP contribution in [0.4, 0.5) is 0 Å². The molecule has 4 unspecified atom stereocenters. The number of likely N-dealkylation sites (tertiary alicyclic amines) is 1. The van der Waals surface area contributed by atoms with Crippen molar-refractivity contribution in [3.05, 3.63) is 41.3 Å². The van der Waals surface area contributed by atoms with Gasteiger partial charge in [-0.25, -0.2) is 9.67 Å². The Kier molecular flexibility index (Phi) is 4.34. The van der Waals surface area contributed by atoms with E-state index in [1.54, 1.807) is 0 Å². The highest BCUT2D eigenvalue weighted by atomic mass is 16.5. The molecular weight excluding hydrogens is 352 g/mol. The van der Waals surface area contributed by atoms with Gasteiger partial charge >= 0.3 is 0 Å². The summed E-state index contributed by atoms with van der Waals surface area (Å²) < 4.78 is 7.97. The molecule has 3 aliphatic heterocycles. The van der Waals surface area contributed by atoms with Crippen LogP contribution >= 0.6 is 0 Å². The van der Waals surface area contributed by atoms with Crippen molar-refractivity contribution in [2.24, 2.45) is 16.8 Å². The zero-order valence-electron chi connectivity index (χ0n) is 16.8. The van der Waals surface area contributed by atoms with Crippen molar-refractivity contribution in [2.45, 2.75) is 45.4 Å². The van der Waals surface area contributed by atoms with Crippen molar-refractivity contribution >= 4 is 5.96 Å². The minimum Gasteiger partial charge on any atom is -0.374 e. The molecule has 2 aromatic heterocycles. The van der Waals surface area contributed by atoms with Gasteiger partial charge in [0, 0.05) is 50.4 Å². The molecular formula is C21H28N6O. The first-order chi connectivity index (χ1) is 13.6. The monoisotopic (exact) mass is 380 g/mol. The number of aliphatic imine (C=N–C) groups is 1. The number of fused-ring (bicyclic) bond motifs is 5. The Morgan fingerprint density at radius 2 is 1.96 bits per heavy atom. The maximum absolute atomic E-state index is 6.09. The molecule has 0 amide bonds. The highest BCUT2D eigenvalue weighted by Gasteiger charge is 2.53. The highest BCUT2D eigenvalue weighted by Crippen LogP contribution is 2.47. The van der Waals surface area contributed by atoms with Crippen molar-refractivity contribution < 1.29 is 4.74 Å². The molecule has 0 radical (unpaired) electrons. The third-order valence-electron chi connectivity index (χ3n) is 6.45. The van der Waals surface area contributed by atoms with Crippen molar-refractivity contribution in [3.8, 4) is 5.82 Å². The van der Waals surface area contributed by atoms with Gasteiger partial charge in [0.25, 0.3) is 0 Å². The molecule has 5 rings (SSSR count). The number of rotatable bonds is 3. The van der Waals surface area contributed by atoms with E-state index in [1.165, 1.54) is 12.8 Å². The SMILES string of the molecule is CN=C(NCc1ccc(-n2nc(C)cc2C)nc1)N1CC2C3CCC(O3)C2C1. The summed E-state index contributed by atoms with van der Waals surface area (Å²) in [6.07, 6.45) is 5.34. The second kappa shape index (κ2) is 6.88. The number of guanidine groups is 1. The van der Waals surface area contributed by atoms with Gasteiger partial charge in [0.15, 0.2) is 11.8 Å². The Hall–Kier alpha value is -2.41. The van der Waals surface area contributed by atoms with Crippen LogP contribution in [-0.2, 0) is 11.3 Å². The molecule has 5 heterocycles. The Labute approximate surface area is 165 Å². The smallest absolute Gasteiger partial charge is 0.193 e. The lowest BCUT2D eigenvalue weighted by atomic mass is 9.82. The summed E-state index contributed by atoms with van der Waals surface area (Å²) >= 11 is 0. The fraction of sp³-hybridized carbons (Fsp3) is 0.571. The van der Waals surface area contributed by atoms with Crippen molar-refractivity contribution in [3.63, 3.8) is 0 Å². The summed E-state index contributed by atoms with van der Waals surface area (Å²) in [5, 5.41) is 8.01. The second-order valence-electron chi connectivity index (χ2n) is 8.29. The summed E-state index contributed by atoms with van der Waals surface area (Å²) in [6.45, 7) is 6.87. The van der Waals surface area contributed by atoms with Crippen LogP contribution in [0, 0.1) is 25.7 Å². The van der Waals surface area contributed by atoms with Gasteiger partial charge in [0.2, 0.25) is 0 Å². The average Bonchev–Trinajstić information content (AvgIpc) is 3.45. The van der Waals surface area contributed by atoms with Gasteiger partial charge in [-0.2, -0.15) is 5.10 Å². The van der Waals surface area contributed by atoms with E-state index in [2.05, 4.69) is 37.4 Å². The molecule has 0 aliphatic carbocycles. The molecule has 7 heteroatoms. The maximum Gasteiger partial charge on any atom is 0.193 e.